The largest absolute Gasteiger partial charge is 0.493 e. The molecule has 2 atom stereocenters. The third kappa shape index (κ3) is 3.86. The second-order valence-corrected chi connectivity index (χ2v) is 4.96. The predicted molar refractivity (Wildman–Crippen MR) is 68.4 cm³/mol. The number of alkyl halides is 3. The van der Waals surface area contributed by atoms with Crippen LogP contribution in [0, 0.1) is 11.8 Å². The van der Waals surface area contributed by atoms with E-state index in [1.165, 1.54) is 12.1 Å². The van der Waals surface area contributed by atoms with Gasteiger partial charge in [0, 0.05) is 19.1 Å². The molecule has 1 saturated heterocycles. The van der Waals surface area contributed by atoms with E-state index < -0.39 is 11.7 Å². The summed E-state index contributed by atoms with van der Waals surface area (Å²) < 4.78 is 48.5. The summed E-state index contributed by atoms with van der Waals surface area (Å²) in [7, 11) is 0. The molecule has 0 bridgehead atoms. The van der Waals surface area contributed by atoms with Gasteiger partial charge in [-0.25, -0.2) is 0 Å². The third-order valence-electron chi connectivity index (χ3n) is 3.56. The Morgan fingerprint density at radius 3 is 2.80 bits per heavy atom. The van der Waals surface area contributed by atoms with Crippen molar-refractivity contribution in [2.75, 3.05) is 26.4 Å². The molecule has 20 heavy (non-hydrogen) atoms. The topological polar surface area (TPSA) is 44.5 Å². The molecule has 2 unspecified atom stereocenters. The van der Waals surface area contributed by atoms with Gasteiger partial charge < -0.3 is 15.2 Å². The van der Waals surface area contributed by atoms with Gasteiger partial charge in [0.2, 0.25) is 0 Å². The van der Waals surface area contributed by atoms with E-state index in [2.05, 4.69) is 0 Å². The summed E-state index contributed by atoms with van der Waals surface area (Å²) >= 11 is 0. The number of benzene rings is 1. The van der Waals surface area contributed by atoms with Crippen LogP contribution in [0.5, 0.6) is 5.75 Å². The van der Waals surface area contributed by atoms with Crippen LogP contribution in [0.3, 0.4) is 0 Å². The van der Waals surface area contributed by atoms with Gasteiger partial charge in [-0.05, 0) is 37.1 Å². The maximum Gasteiger partial charge on any atom is 0.416 e. The molecule has 6 heteroatoms. The SMILES string of the molecule is NCC(COc1cccc(C(F)(F)F)c1)C1CCOC1. The molecule has 112 valence electrons. The first-order chi connectivity index (χ1) is 9.50. The molecule has 2 N–H and O–H groups in total. The Labute approximate surface area is 115 Å². The smallest absolute Gasteiger partial charge is 0.416 e. The summed E-state index contributed by atoms with van der Waals surface area (Å²) in [6.45, 7) is 2.11. The van der Waals surface area contributed by atoms with Crippen molar-refractivity contribution in [3.05, 3.63) is 29.8 Å². The maximum absolute atomic E-state index is 12.6. The Balaban J connectivity index is 1.95. The molecule has 1 aromatic rings. The van der Waals surface area contributed by atoms with Crippen molar-refractivity contribution >= 4 is 0 Å². The molecule has 0 aliphatic carbocycles. The van der Waals surface area contributed by atoms with Gasteiger partial charge in [0.05, 0.1) is 12.2 Å². The highest BCUT2D eigenvalue weighted by atomic mass is 19.4. The van der Waals surface area contributed by atoms with Gasteiger partial charge in [-0.1, -0.05) is 6.07 Å². The second kappa shape index (κ2) is 6.45. The van der Waals surface area contributed by atoms with Crippen molar-refractivity contribution < 1.29 is 22.6 Å². The van der Waals surface area contributed by atoms with Crippen molar-refractivity contribution in [1.29, 1.82) is 0 Å². The molecule has 1 aliphatic heterocycles. The van der Waals surface area contributed by atoms with Crippen molar-refractivity contribution in [2.24, 2.45) is 17.6 Å². The fraction of sp³-hybridized carbons (Fsp3) is 0.571. The molecule has 0 amide bonds. The Morgan fingerprint density at radius 2 is 2.20 bits per heavy atom. The highest BCUT2D eigenvalue weighted by Gasteiger charge is 2.31. The van der Waals surface area contributed by atoms with E-state index in [0.717, 1.165) is 18.6 Å². The molecule has 0 radical (unpaired) electrons. The summed E-state index contributed by atoms with van der Waals surface area (Å²) in [5, 5.41) is 0. The lowest BCUT2D eigenvalue weighted by atomic mass is 9.92. The van der Waals surface area contributed by atoms with Crippen molar-refractivity contribution in [3.8, 4) is 5.75 Å². The zero-order chi connectivity index (χ0) is 14.6. The molecule has 1 aromatic carbocycles. The van der Waals surface area contributed by atoms with Gasteiger partial charge in [-0.2, -0.15) is 13.2 Å². The maximum atomic E-state index is 12.6. The van der Waals surface area contributed by atoms with Gasteiger partial charge in [-0.3, -0.25) is 0 Å². The van der Waals surface area contributed by atoms with Crippen molar-refractivity contribution in [2.45, 2.75) is 12.6 Å². The molecule has 1 heterocycles. The van der Waals surface area contributed by atoms with Crippen LogP contribution in [0.15, 0.2) is 24.3 Å². The summed E-state index contributed by atoms with van der Waals surface area (Å²) in [5.74, 6) is 0.648. The van der Waals surface area contributed by atoms with Gasteiger partial charge in [0.1, 0.15) is 5.75 Å². The van der Waals surface area contributed by atoms with E-state index in [4.69, 9.17) is 15.2 Å². The van der Waals surface area contributed by atoms with Gasteiger partial charge in [0.15, 0.2) is 0 Å². The molecule has 0 spiro atoms. The fourth-order valence-corrected chi connectivity index (χ4v) is 2.29. The van der Waals surface area contributed by atoms with E-state index in [0.29, 0.717) is 32.3 Å². The first kappa shape index (κ1) is 15.1. The van der Waals surface area contributed by atoms with Crippen LogP contribution in [0.1, 0.15) is 12.0 Å². The Hall–Kier alpha value is -1.27. The van der Waals surface area contributed by atoms with E-state index in [-0.39, 0.29) is 11.7 Å². The summed E-state index contributed by atoms with van der Waals surface area (Å²) in [4.78, 5) is 0. The zero-order valence-corrected chi connectivity index (χ0v) is 11.0. The van der Waals surface area contributed by atoms with Crippen molar-refractivity contribution in [3.63, 3.8) is 0 Å². The van der Waals surface area contributed by atoms with E-state index in [9.17, 15) is 13.2 Å². The fourth-order valence-electron chi connectivity index (χ4n) is 2.29. The number of ether oxygens (including phenoxy) is 2. The number of halogens is 3. The van der Waals surface area contributed by atoms with Gasteiger partial charge in [0.25, 0.3) is 0 Å². The molecular weight excluding hydrogens is 271 g/mol. The summed E-state index contributed by atoms with van der Waals surface area (Å²) in [6, 6.07) is 4.90. The average Bonchev–Trinajstić information content (AvgIpc) is 2.93. The molecule has 3 nitrogen and oxygen atoms in total. The number of hydrogen-bond acceptors (Lipinski definition) is 3. The first-order valence-electron chi connectivity index (χ1n) is 6.58. The van der Waals surface area contributed by atoms with E-state index >= 15 is 0 Å². The second-order valence-electron chi connectivity index (χ2n) is 4.96. The minimum Gasteiger partial charge on any atom is -0.493 e. The molecule has 2 rings (SSSR count). The number of rotatable bonds is 5. The zero-order valence-electron chi connectivity index (χ0n) is 11.0. The lowest BCUT2D eigenvalue weighted by Crippen LogP contribution is -2.29. The molecule has 0 aromatic heterocycles. The van der Waals surface area contributed by atoms with Crippen LogP contribution in [0.25, 0.3) is 0 Å². The molecule has 1 aliphatic rings. The van der Waals surface area contributed by atoms with Crippen LogP contribution >= 0.6 is 0 Å². The number of nitrogens with two attached hydrogens (primary N) is 1. The minimum absolute atomic E-state index is 0.104. The lowest BCUT2D eigenvalue weighted by molar-refractivity contribution is -0.137. The third-order valence-corrected chi connectivity index (χ3v) is 3.56. The Morgan fingerprint density at radius 1 is 1.40 bits per heavy atom. The summed E-state index contributed by atoms with van der Waals surface area (Å²) in [6.07, 6.45) is -3.43. The molecule has 1 fully saturated rings. The minimum atomic E-state index is -4.36. The molecule has 0 saturated carbocycles. The average molecular weight is 289 g/mol. The Bertz CT molecular complexity index is 431. The highest BCUT2D eigenvalue weighted by Crippen LogP contribution is 2.31. The standard InChI is InChI=1S/C14H18F3NO2/c15-14(16,17)12-2-1-3-13(6-12)20-9-11(7-18)10-4-5-19-8-10/h1-3,6,10-11H,4-5,7-9,18H2. The number of hydrogen-bond donors (Lipinski definition) is 1. The molecular formula is C14H18F3NO2. The predicted octanol–water partition coefficient (Wildman–Crippen LogP) is 2.70. The van der Waals surface area contributed by atoms with Crippen LogP contribution in [0.4, 0.5) is 13.2 Å². The monoisotopic (exact) mass is 289 g/mol. The van der Waals surface area contributed by atoms with Crippen LogP contribution < -0.4 is 10.5 Å². The van der Waals surface area contributed by atoms with Crippen LogP contribution in [0.2, 0.25) is 0 Å². The first-order valence-corrected chi connectivity index (χ1v) is 6.58. The summed E-state index contributed by atoms with van der Waals surface area (Å²) in [5.41, 5.74) is 5.00. The quantitative estimate of drug-likeness (QED) is 0.906. The van der Waals surface area contributed by atoms with Crippen LogP contribution in [-0.2, 0) is 10.9 Å². The lowest BCUT2D eigenvalue weighted by Gasteiger charge is -2.21. The highest BCUT2D eigenvalue weighted by molar-refractivity contribution is 5.30. The van der Waals surface area contributed by atoms with Crippen molar-refractivity contribution in [1.82, 2.24) is 0 Å². The van der Waals surface area contributed by atoms with Crippen LogP contribution in [-0.4, -0.2) is 26.4 Å². The Kier molecular flexibility index (Phi) is 4.88. The normalized spacial score (nSPS) is 20.9. The van der Waals surface area contributed by atoms with E-state index in [1.807, 2.05) is 0 Å². The van der Waals surface area contributed by atoms with E-state index in [1.54, 1.807) is 0 Å². The van der Waals surface area contributed by atoms with Gasteiger partial charge in [-0.15, -0.1) is 0 Å². The van der Waals surface area contributed by atoms with Gasteiger partial charge >= 0.3 is 6.18 Å².